The molecule has 0 unspecified atom stereocenters. The maximum absolute atomic E-state index is 12.0. The van der Waals surface area contributed by atoms with Gasteiger partial charge in [-0.05, 0) is 25.8 Å². The molecule has 1 rings (SSSR count). The molecule has 0 aromatic heterocycles. The van der Waals surface area contributed by atoms with Crippen LogP contribution >= 0.6 is 15.9 Å². The van der Waals surface area contributed by atoms with E-state index in [2.05, 4.69) is 35.0 Å². The van der Waals surface area contributed by atoms with Crippen molar-refractivity contribution in [3.63, 3.8) is 0 Å². The third-order valence-electron chi connectivity index (χ3n) is 2.77. The highest BCUT2D eigenvalue weighted by atomic mass is 79.9. The average Bonchev–Trinajstić information content (AvgIpc) is 2.33. The van der Waals surface area contributed by atoms with Crippen LogP contribution in [0.25, 0.3) is 0 Å². The van der Waals surface area contributed by atoms with E-state index in [1.54, 1.807) is 0 Å². The molecule has 0 aliphatic carbocycles. The summed E-state index contributed by atoms with van der Waals surface area (Å²) in [4.78, 5) is 14.0. The van der Waals surface area contributed by atoms with Gasteiger partial charge < -0.3 is 4.90 Å². The maximum atomic E-state index is 12.0. The van der Waals surface area contributed by atoms with Gasteiger partial charge in [-0.2, -0.15) is 0 Å². The molecule has 94 valence electrons. The van der Waals surface area contributed by atoms with E-state index in [4.69, 9.17) is 0 Å². The molecular formula is C14H20BrNO. The number of carbonyl (C=O) groups excluding carboxylic acids is 1. The number of likely N-dealkylation sites (N-methyl/N-ethyl adjacent to an activating group) is 1. The molecule has 0 atom stereocenters. The van der Waals surface area contributed by atoms with Gasteiger partial charge in [0, 0.05) is 18.4 Å². The van der Waals surface area contributed by atoms with Gasteiger partial charge in [0.2, 0.25) is 5.91 Å². The number of hydrogen-bond acceptors (Lipinski definition) is 1. The Morgan fingerprint density at radius 1 is 1.29 bits per heavy atom. The van der Waals surface area contributed by atoms with E-state index in [0.29, 0.717) is 6.42 Å². The van der Waals surface area contributed by atoms with Crippen molar-refractivity contribution in [1.29, 1.82) is 0 Å². The van der Waals surface area contributed by atoms with Gasteiger partial charge in [-0.1, -0.05) is 45.8 Å². The predicted molar refractivity (Wildman–Crippen MR) is 75.5 cm³/mol. The SMILES string of the molecule is CCN(CCCBr)C(=O)Cc1ccc(C)cc1. The van der Waals surface area contributed by atoms with E-state index in [1.165, 1.54) is 5.56 Å². The van der Waals surface area contributed by atoms with Crippen LogP contribution in [0, 0.1) is 6.92 Å². The van der Waals surface area contributed by atoms with Gasteiger partial charge in [-0.3, -0.25) is 4.79 Å². The number of hydrogen-bond donors (Lipinski definition) is 0. The largest absolute Gasteiger partial charge is 0.343 e. The minimum atomic E-state index is 0.220. The van der Waals surface area contributed by atoms with Gasteiger partial charge in [0.05, 0.1) is 6.42 Å². The molecule has 1 aromatic rings. The lowest BCUT2D eigenvalue weighted by Crippen LogP contribution is -2.33. The van der Waals surface area contributed by atoms with Crippen LogP contribution in [0.4, 0.5) is 0 Å². The third-order valence-corrected chi connectivity index (χ3v) is 3.33. The Labute approximate surface area is 112 Å². The molecule has 1 aromatic carbocycles. The van der Waals surface area contributed by atoms with Gasteiger partial charge in [-0.25, -0.2) is 0 Å². The Balaban J connectivity index is 2.54. The number of halogens is 1. The topological polar surface area (TPSA) is 20.3 Å². The standard InChI is InChI=1S/C14H20BrNO/c1-3-16(10-4-9-15)14(17)11-13-7-5-12(2)6-8-13/h5-8H,3-4,9-11H2,1-2H3. The lowest BCUT2D eigenvalue weighted by molar-refractivity contribution is -0.130. The molecule has 1 amide bonds. The monoisotopic (exact) mass is 297 g/mol. The van der Waals surface area contributed by atoms with Crippen LogP contribution in [-0.4, -0.2) is 29.2 Å². The van der Waals surface area contributed by atoms with Crippen LogP contribution < -0.4 is 0 Å². The van der Waals surface area contributed by atoms with Crippen molar-refractivity contribution >= 4 is 21.8 Å². The molecule has 0 N–H and O–H groups in total. The molecule has 0 radical (unpaired) electrons. The number of benzene rings is 1. The number of amides is 1. The number of nitrogens with zero attached hydrogens (tertiary/aromatic N) is 1. The zero-order valence-corrected chi connectivity index (χ0v) is 12.2. The summed E-state index contributed by atoms with van der Waals surface area (Å²) < 4.78 is 0. The number of aryl methyl sites for hydroxylation is 1. The Hall–Kier alpha value is -0.830. The van der Waals surface area contributed by atoms with Gasteiger partial charge in [0.15, 0.2) is 0 Å². The van der Waals surface area contributed by atoms with Crippen LogP contribution in [-0.2, 0) is 11.2 Å². The molecule has 0 saturated heterocycles. The second-order valence-electron chi connectivity index (χ2n) is 4.18. The summed E-state index contributed by atoms with van der Waals surface area (Å²) >= 11 is 3.39. The van der Waals surface area contributed by atoms with Crippen molar-refractivity contribution in [2.45, 2.75) is 26.7 Å². The first kappa shape index (κ1) is 14.2. The molecule has 0 bridgehead atoms. The predicted octanol–water partition coefficient (Wildman–Crippen LogP) is 3.17. The second-order valence-corrected chi connectivity index (χ2v) is 4.97. The van der Waals surface area contributed by atoms with E-state index in [0.717, 1.165) is 30.4 Å². The molecule has 0 spiro atoms. The fraction of sp³-hybridized carbons (Fsp3) is 0.500. The molecule has 0 fully saturated rings. The minimum Gasteiger partial charge on any atom is -0.343 e. The molecule has 0 aliphatic rings. The van der Waals surface area contributed by atoms with Crippen molar-refractivity contribution in [3.8, 4) is 0 Å². The lowest BCUT2D eigenvalue weighted by Gasteiger charge is -2.20. The van der Waals surface area contributed by atoms with E-state index >= 15 is 0 Å². The molecule has 0 heterocycles. The first-order valence-electron chi connectivity index (χ1n) is 6.06. The lowest BCUT2D eigenvalue weighted by atomic mass is 10.1. The number of carbonyl (C=O) groups is 1. The van der Waals surface area contributed by atoms with Crippen LogP contribution in [0.15, 0.2) is 24.3 Å². The highest BCUT2D eigenvalue weighted by Crippen LogP contribution is 2.06. The van der Waals surface area contributed by atoms with Gasteiger partial charge >= 0.3 is 0 Å². The first-order valence-corrected chi connectivity index (χ1v) is 7.18. The third kappa shape index (κ3) is 4.90. The summed E-state index contributed by atoms with van der Waals surface area (Å²) in [5.74, 6) is 0.220. The van der Waals surface area contributed by atoms with Crippen molar-refractivity contribution in [3.05, 3.63) is 35.4 Å². The van der Waals surface area contributed by atoms with Crippen molar-refractivity contribution in [2.24, 2.45) is 0 Å². The van der Waals surface area contributed by atoms with Gasteiger partial charge in [0.1, 0.15) is 0 Å². The zero-order valence-electron chi connectivity index (χ0n) is 10.6. The Bertz CT molecular complexity index is 348. The Morgan fingerprint density at radius 2 is 1.94 bits per heavy atom. The second kappa shape index (κ2) is 7.49. The summed E-state index contributed by atoms with van der Waals surface area (Å²) in [6, 6.07) is 8.17. The van der Waals surface area contributed by atoms with Crippen LogP contribution in [0.1, 0.15) is 24.5 Å². The molecule has 2 nitrogen and oxygen atoms in total. The summed E-state index contributed by atoms with van der Waals surface area (Å²) in [5.41, 5.74) is 2.32. The molecule has 3 heteroatoms. The van der Waals surface area contributed by atoms with Gasteiger partial charge in [0.25, 0.3) is 0 Å². The van der Waals surface area contributed by atoms with Crippen molar-refractivity contribution < 1.29 is 4.79 Å². The van der Waals surface area contributed by atoms with Crippen LogP contribution in [0.2, 0.25) is 0 Å². The fourth-order valence-corrected chi connectivity index (χ4v) is 1.95. The van der Waals surface area contributed by atoms with Crippen LogP contribution in [0.3, 0.4) is 0 Å². The van der Waals surface area contributed by atoms with E-state index in [-0.39, 0.29) is 5.91 Å². The van der Waals surface area contributed by atoms with E-state index < -0.39 is 0 Å². The zero-order chi connectivity index (χ0) is 12.7. The Kier molecular flexibility index (Phi) is 6.27. The molecule has 0 saturated carbocycles. The highest BCUT2D eigenvalue weighted by Gasteiger charge is 2.11. The highest BCUT2D eigenvalue weighted by molar-refractivity contribution is 9.09. The normalized spacial score (nSPS) is 10.3. The summed E-state index contributed by atoms with van der Waals surface area (Å²) in [7, 11) is 0. The van der Waals surface area contributed by atoms with Gasteiger partial charge in [-0.15, -0.1) is 0 Å². The van der Waals surface area contributed by atoms with Crippen molar-refractivity contribution in [2.75, 3.05) is 18.4 Å². The first-order chi connectivity index (χ1) is 8.17. The maximum Gasteiger partial charge on any atom is 0.226 e. The van der Waals surface area contributed by atoms with E-state index in [1.807, 2.05) is 24.0 Å². The average molecular weight is 298 g/mol. The molecule has 0 aliphatic heterocycles. The smallest absolute Gasteiger partial charge is 0.226 e. The van der Waals surface area contributed by atoms with Crippen molar-refractivity contribution in [1.82, 2.24) is 4.90 Å². The summed E-state index contributed by atoms with van der Waals surface area (Å²) in [6.07, 6.45) is 1.52. The van der Waals surface area contributed by atoms with Crippen LogP contribution in [0.5, 0.6) is 0 Å². The quantitative estimate of drug-likeness (QED) is 0.739. The summed E-state index contributed by atoms with van der Waals surface area (Å²) in [5, 5.41) is 0.946. The fourth-order valence-electron chi connectivity index (χ4n) is 1.70. The van der Waals surface area contributed by atoms with E-state index in [9.17, 15) is 4.79 Å². The molecular weight excluding hydrogens is 278 g/mol. The molecule has 17 heavy (non-hydrogen) atoms. The Morgan fingerprint density at radius 3 is 2.47 bits per heavy atom. The minimum absolute atomic E-state index is 0.220. The number of alkyl halides is 1. The number of rotatable bonds is 6. The summed E-state index contributed by atoms with van der Waals surface area (Å²) in [6.45, 7) is 5.71.